The number of unbranched alkanes of at least 4 members (excludes halogenated alkanes) is 2. The van der Waals surface area contributed by atoms with E-state index in [1.54, 1.807) is 0 Å². The molecular formula is C15H27BrN2. The molecule has 2 nitrogen and oxygen atoms in total. The second-order valence-electron chi connectivity index (χ2n) is 4.96. The van der Waals surface area contributed by atoms with Crippen LogP contribution in [-0.2, 0) is 0 Å². The molecule has 1 aromatic heterocycles. The normalized spacial score (nSPS) is 11.8. The standard InChI is InChI=1S/C15H27N2.BrH/c1-5-7-8-9-14(6-2)17-12-10-15(11-13-17)16(3)4;/h10-14H,5-9H2,1-4H3;1H/q+1;/p-1. The first-order valence-corrected chi connectivity index (χ1v) is 6.87. The second-order valence-corrected chi connectivity index (χ2v) is 4.96. The molecule has 1 atom stereocenters. The van der Waals surface area contributed by atoms with Gasteiger partial charge in [-0.1, -0.05) is 26.7 Å². The van der Waals surface area contributed by atoms with Crippen LogP contribution in [0.15, 0.2) is 24.5 Å². The lowest BCUT2D eigenvalue weighted by Crippen LogP contribution is -3.00. The third-order valence-electron chi connectivity index (χ3n) is 3.39. The molecule has 0 N–H and O–H groups in total. The van der Waals surface area contributed by atoms with E-state index in [9.17, 15) is 0 Å². The van der Waals surface area contributed by atoms with E-state index in [2.05, 4.69) is 61.9 Å². The third-order valence-corrected chi connectivity index (χ3v) is 3.39. The lowest BCUT2D eigenvalue weighted by Gasteiger charge is -2.13. The highest BCUT2D eigenvalue weighted by molar-refractivity contribution is 5.41. The van der Waals surface area contributed by atoms with Crippen molar-refractivity contribution in [2.75, 3.05) is 19.0 Å². The number of hydrogen-bond donors (Lipinski definition) is 0. The second kappa shape index (κ2) is 9.37. The molecule has 3 heteroatoms. The first-order chi connectivity index (χ1) is 8.19. The van der Waals surface area contributed by atoms with Crippen molar-refractivity contribution in [1.82, 2.24) is 0 Å². The Kier molecular flexibility index (Phi) is 9.08. The van der Waals surface area contributed by atoms with E-state index >= 15 is 0 Å². The maximum absolute atomic E-state index is 2.36. The van der Waals surface area contributed by atoms with Gasteiger partial charge >= 0.3 is 0 Å². The van der Waals surface area contributed by atoms with Crippen molar-refractivity contribution in [3.05, 3.63) is 24.5 Å². The Morgan fingerprint density at radius 2 is 1.72 bits per heavy atom. The summed E-state index contributed by atoms with van der Waals surface area (Å²) in [7, 11) is 4.16. The van der Waals surface area contributed by atoms with E-state index in [0.717, 1.165) is 0 Å². The maximum Gasteiger partial charge on any atom is 0.171 e. The number of rotatable bonds is 7. The lowest BCUT2D eigenvalue weighted by molar-refractivity contribution is -0.724. The van der Waals surface area contributed by atoms with Crippen LogP contribution in [0.2, 0.25) is 0 Å². The number of halogens is 1. The van der Waals surface area contributed by atoms with Gasteiger partial charge in [0.15, 0.2) is 18.4 Å². The molecule has 0 saturated carbocycles. The van der Waals surface area contributed by atoms with Gasteiger partial charge in [0.1, 0.15) is 0 Å². The van der Waals surface area contributed by atoms with Gasteiger partial charge in [0.2, 0.25) is 0 Å². The third kappa shape index (κ3) is 5.38. The molecule has 1 aromatic rings. The minimum Gasteiger partial charge on any atom is -1.00 e. The van der Waals surface area contributed by atoms with Gasteiger partial charge in [-0.2, -0.15) is 0 Å². The molecule has 0 amide bonds. The van der Waals surface area contributed by atoms with Crippen LogP contribution in [-0.4, -0.2) is 14.1 Å². The smallest absolute Gasteiger partial charge is 0.171 e. The minimum atomic E-state index is 0. The summed E-state index contributed by atoms with van der Waals surface area (Å²) in [6, 6.07) is 5.06. The highest BCUT2D eigenvalue weighted by Crippen LogP contribution is 2.14. The Labute approximate surface area is 123 Å². The van der Waals surface area contributed by atoms with Gasteiger partial charge in [0.05, 0.1) is 0 Å². The summed E-state index contributed by atoms with van der Waals surface area (Å²) in [5.41, 5.74) is 1.27. The average Bonchev–Trinajstić information content (AvgIpc) is 2.35. The molecule has 0 bridgehead atoms. The van der Waals surface area contributed by atoms with Crippen molar-refractivity contribution in [2.45, 2.75) is 52.0 Å². The molecular weight excluding hydrogens is 288 g/mol. The van der Waals surface area contributed by atoms with Gasteiger partial charge in [0.25, 0.3) is 0 Å². The summed E-state index contributed by atoms with van der Waals surface area (Å²) in [4.78, 5) is 2.14. The van der Waals surface area contributed by atoms with Crippen LogP contribution in [0.25, 0.3) is 0 Å². The van der Waals surface area contributed by atoms with Crippen LogP contribution < -0.4 is 26.4 Å². The molecule has 0 radical (unpaired) electrons. The monoisotopic (exact) mass is 314 g/mol. The molecule has 0 aliphatic rings. The van der Waals surface area contributed by atoms with E-state index in [1.165, 1.54) is 37.8 Å². The summed E-state index contributed by atoms with van der Waals surface area (Å²) in [5, 5.41) is 0. The molecule has 1 rings (SSSR count). The molecule has 18 heavy (non-hydrogen) atoms. The van der Waals surface area contributed by atoms with Gasteiger partial charge in [-0.3, -0.25) is 0 Å². The number of anilines is 1. The fourth-order valence-electron chi connectivity index (χ4n) is 2.17. The molecule has 0 aromatic carbocycles. The maximum atomic E-state index is 2.36. The van der Waals surface area contributed by atoms with Crippen molar-refractivity contribution >= 4 is 5.69 Å². The molecule has 0 aliphatic heterocycles. The van der Waals surface area contributed by atoms with Gasteiger partial charge in [-0.15, -0.1) is 0 Å². The van der Waals surface area contributed by atoms with Crippen molar-refractivity contribution in [1.29, 1.82) is 0 Å². The van der Waals surface area contributed by atoms with Crippen LogP contribution >= 0.6 is 0 Å². The Morgan fingerprint density at radius 1 is 1.11 bits per heavy atom. The van der Waals surface area contributed by atoms with Crippen molar-refractivity contribution in [3.8, 4) is 0 Å². The zero-order chi connectivity index (χ0) is 12.7. The Morgan fingerprint density at radius 3 is 2.17 bits per heavy atom. The molecule has 1 heterocycles. The first-order valence-electron chi connectivity index (χ1n) is 6.87. The number of hydrogen-bond acceptors (Lipinski definition) is 1. The van der Waals surface area contributed by atoms with E-state index in [-0.39, 0.29) is 17.0 Å². The molecule has 0 saturated heterocycles. The highest BCUT2D eigenvalue weighted by Gasteiger charge is 2.15. The van der Waals surface area contributed by atoms with Crippen LogP contribution in [0.5, 0.6) is 0 Å². The van der Waals surface area contributed by atoms with Gasteiger partial charge in [-0.25, -0.2) is 4.57 Å². The summed E-state index contributed by atoms with van der Waals surface area (Å²) < 4.78 is 2.36. The number of aromatic nitrogens is 1. The summed E-state index contributed by atoms with van der Waals surface area (Å²) in [6.07, 6.45) is 11.0. The summed E-state index contributed by atoms with van der Waals surface area (Å²) >= 11 is 0. The number of pyridine rings is 1. The lowest BCUT2D eigenvalue weighted by atomic mass is 10.1. The molecule has 0 fully saturated rings. The average molecular weight is 315 g/mol. The predicted octanol–water partition coefficient (Wildman–Crippen LogP) is 0.576. The molecule has 104 valence electrons. The summed E-state index contributed by atoms with van der Waals surface area (Å²) in [6.45, 7) is 4.55. The number of nitrogens with zero attached hydrogens (tertiary/aromatic N) is 2. The van der Waals surface area contributed by atoms with Crippen molar-refractivity contribution < 1.29 is 21.5 Å². The SMILES string of the molecule is CCCCCC(CC)[n+]1ccc(N(C)C)cc1.[Br-]. The van der Waals surface area contributed by atoms with Crippen LogP contribution in [0.3, 0.4) is 0 Å². The topological polar surface area (TPSA) is 7.12 Å². The Hall–Kier alpha value is -0.570. The van der Waals surface area contributed by atoms with Crippen LogP contribution in [0, 0.1) is 0 Å². The van der Waals surface area contributed by atoms with Gasteiger partial charge in [-0.05, 0) is 6.42 Å². The minimum absolute atomic E-state index is 0. The van der Waals surface area contributed by atoms with Crippen LogP contribution in [0.4, 0.5) is 5.69 Å². The fraction of sp³-hybridized carbons (Fsp3) is 0.667. The van der Waals surface area contributed by atoms with Crippen molar-refractivity contribution in [2.24, 2.45) is 0 Å². The van der Waals surface area contributed by atoms with E-state index < -0.39 is 0 Å². The quantitative estimate of drug-likeness (QED) is 0.527. The molecule has 0 spiro atoms. The predicted molar refractivity (Wildman–Crippen MR) is 74.4 cm³/mol. The Balaban J connectivity index is 0.00000289. The van der Waals surface area contributed by atoms with E-state index in [0.29, 0.717) is 6.04 Å². The van der Waals surface area contributed by atoms with E-state index in [1.807, 2.05) is 0 Å². The van der Waals surface area contributed by atoms with Crippen LogP contribution in [0.1, 0.15) is 52.0 Å². The zero-order valence-corrected chi connectivity index (χ0v) is 13.8. The zero-order valence-electron chi connectivity index (χ0n) is 12.2. The van der Waals surface area contributed by atoms with Gasteiger partial charge in [0, 0.05) is 44.8 Å². The largest absolute Gasteiger partial charge is 1.00 e. The van der Waals surface area contributed by atoms with E-state index in [4.69, 9.17) is 0 Å². The van der Waals surface area contributed by atoms with Crippen molar-refractivity contribution in [3.63, 3.8) is 0 Å². The highest BCUT2D eigenvalue weighted by atomic mass is 79.9. The Bertz CT molecular complexity index is 309. The molecule has 1 unspecified atom stereocenters. The molecule has 0 aliphatic carbocycles. The fourth-order valence-corrected chi connectivity index (χ4v) is 2.17. The first kappa shape index (κ1) is 17.4. The van der Waals surface area contributed by atoms with Gasteiger partial charge < -0.3 is 21.9 Å². The summed E-state index contributed by atoms with van der Waals surface area (Å²) in [5.74, 6) is 0.